The van der Waals surface area contributed by atoms with Crippen LogP contribution in [0.2, 0.25) is 0 Å². The van der Waals surface area contributed by atoms with Crippen LogP contribution in [0.1, 0.15) is 40.0 Å². The van der Waals surface area contributed by atoms with E-state index < -0.39 is 0 Å². The third-order valence-electron chi connectivity index (χ3n) is 2.53. The smallest absolute Gasteiger partial charge is 0.162 e. The van der Waals surface area contributed by atoms with Crippen molar-refractivity contribution in [2.24, 2.45) is 11.8 Å². The van der Waals surface area contributed by atoms with Gasteiger partial charge in [-0.3, -0.25) is 4.79 Å². The predicted molar refractivity (Wildman–Crippen MR) is 56.9 cm³/mol. The van der Waals surface area contributed by atoms with Crippen LogP contribution in [-0.4, -0.2) is 12.4 Å². The van der Waals surface area contributed by atoms with Crippen LogP contribution >= 0.6 is 0 Å². The van der Waals surface area contributed by atoms with Crippen LogP contribution in [0.25, 0.3) is 0 Å². The van der Waals surface area contributed by atoms with Gasteiger partial charge in [0.2, 0.25) is 0 Å². The summed E-state index contributed by atoms with van der Waals surface area (Å²) in [5.74, 6) is 1.97. The Labute approximate surface area is 86.3 Å². The fraction of sp³-hybridized carbons (Fsp3) is 0.750. The zero-order chi connectivity index (χ0) is 10.6. The van der Waals surface area contributed by atoms with E-state index in [0.717, 1.165) is 25.0 Å². The van der Waals surface area contributed by atoms with Gasteiger partial charge in [0.15, 0.2) is 5.78 Å². The molecule has 80 valence electrons. The number of allylic oxidation sites excluding steroid dienone is 2. The molecule has 0 fully saturated rings. The van der Waals surface area contributed by atoms with Gasteiger partial charge in [0, 0.05) is 18.4 Å². The molecule has 0 aromatic heterocycles. The molecule has 0 heterocycles. The maximum absolute atomic E-state index is 11.7. The molecule has 0 aliphatic heterocycles. The third-order valence-corrected chi connectivity index (χ3v) is 2.53. The lowest BCUT2D eigenvalue weighted by Crippen LogP contribution is -2.20. The van der Waals surface area contributed by atoms with Crippen LogP contribution < -0.4 is 0 Å². The quantitative estimate of drug-likeness (QED) is 0.691. The number of ether oxygens (including phenoxy) is 1. The molecule has 0 aromatic rings. The van der Waals surface area contributed by atoms with Crippen molar-refractivity contribution in [3.05, 3.63) is 11.8 Å². The van der Waals surface area contributed by atoms with E-state index in [2.05, 4.69) is 13.8 Å². The number of rotatable bonds is 4. The molecule has 2 nitrogen and oxygen atoms in total. The monoisotopic (exact) mass is 196 g/mol. The van der Waals surface area contributed by atoms with Crippen LogP contribution in [0.15, 0.2) is 11.8 Å². The summed E-state index contributed by atoms with van der Waals surface area (Å²) >= 11 is 0. The fourth-order valence-corrected chi connectivity index (χ4v) is 1.91. The first-order valence-electron chi connectivity index (χ1n) is 5.50. The molecule has 2 heteroatoms. The van der Waals surface area contributed by atoms with Crippen molar-refractivity contribution in [1.82, 2.24) is 0 Å². The van der Waals surface area contributed by atoms with Gasteiger partial charge in [0.1, 0.15) is 0 Å². The molecule has 0 radical (unpaired) electrons. The number of carbonyl (C=O) groups is 1. The molecule has 0 N–H and O–H groups in total. The van der Waals surface area contributed by atoms with Crippen molar-refractivity contribution in [3.63, 3.8) is 0 Å². The fourth-order valence-electron chi connectivity index (χ4n) is 1.91. The molecule has 1 rings (SSSR count). The Morgan fingerprint density at radius 2 is 2.29 bits per heavy atom. The first-order chi connectivity index (χ1) is 6.63. The van der Waals surface area contributed by atoms with Gasteiger partial charge in [0.25, 0.3) is 0 Å². The summed E-state index contributed by atoms with van der Waals surface area (Å²) in [6.45, 7) is 6.93. The van der Waals surface area contributed by atoms with Crippen molar-refractivity contribution < 1.29 is 9.53 Å². The van der Waals surface area contributed by atoms with E-state index in [9.17, 15) is 4.79 Å². The summed E-state index contributed by atoms with van der Waals surface area (Å²) in [5.41, 5.74) is 0. The molecule has 1 atom stereocenters. The van der Waals surface area contributed by atoms with E-state index in [1.54, 1.807) is 6.08 Å². The van der Waals surface area contributed by atoms with E-state index in [-0.39, 0.29) is 11.7 Å². The number of hydrogen-bond acceptors (Lipinski definition) is 2. The van der Waals surface area contributed by atoms with Crippen LogP contribution in [0, 0.1) is 11.8 Å². The molecule has 0 bridgehead atoms. The zero-order valence-electron chi connectivity index (χ0n) is 9.38. The Bertz CT molecular complexity index is 228. The number of ketones is 1. The lowest BCUT2D eigenvalue weighted by molar-refractivity contribution is -0.119. The maximum atomic E-state index is 11.7. The highest BCUT2D eigenvalue weighted by Crippen LogP contribution is 2.26. The molecule has 0 spiro atoms. The molecule has 14 heavy (non-hydrogen) atoms. The molecule has 1 aliphatic rings. The van der Waals surface area contributed by atoms with Crippen LogP contribution in [0.3, 0.4) is 0 Å². The highest BCUT2D eigenvalue weighted by Gasteiger charge is 2.23. The number of hydrogen-bond donors (Lipinski definition) is 0. The second-order valence-corrected chi connectivity index (χ2v) is 4.31. The normalized spacial score (nSPS) is 22.4. The molecular weight excluding hydrogens is 176 g/mol. The van der Waals surface area contributed by atoms with Crippen molar-refractivity contribution in [3.8, 4) is 0 Å². The molecule has 0 saturated heterocycles. The van der Waals surface area contributed by atoms with E-state index >= 15 is 0 Å². The predicted octanol–water partition coefficient (Wildman–Crippen LogP) is 2.93. The Balaban J connectivity index is 2.51. The first-order valence-corrected chi connectivity index (χ1v) is 5.50. The SMILES string of the molecule is CCOC1=CC(=O)C(CC(C)C)CC1. The standard InChI is InChI=1S/C12H20O2/c1-4-14-11-6-5-10(7-9(2)3)12(13)8-11/h8-10H,4-7H2,1-3H3. The summed E-state index contributed by atoms with van der Waals surface area (Å²) in [6.07, 6.45) is 4.59. The highest BCUT2D eigenvalue weighted by atomic mass is 16.5. The average Bonchev–Trinajstić information content (AvgIpc) is 2.10. The summed E-state index contributed by atoms with van der Waals surface area (Å²) in [6, 6.07) is 0. The van der Waals surface area contributed by atoms with Gasteiger partial charge in [-0.25, -0.2) is 0 Å². The van der Waals surface area contributed by atoms with E-state index in [4.69, 9.17) is 4.74 Å². The Hall–Kier alpha value is -0.790. The van der Waals surface area contributed by atoms with Gasteiger partial charge in [-0.2, -0.15) is 0 Å². The molecule has 0 aromatic carbocycles. The highest BCUT2D eigenvalue weighted by molar-refractivity contribution is 5.92. The van der Waals surface area contributed by atoms with Crippen molar-refractivity contribution in [2.45, 2.75) is 40.0 Å². The third kappa shape index (κ3) is 3.17. The Morgan fingerprint density at radius 3 is 2.79 bits per heavy atom. The van der Waals surface area contributed by atoms with Gasteiger partial charge >= 0.3 is 0 Å². The minimum absolute atomic E-state index is 0.235. The molecule has 1 aliphatic carbocycles. The van der Waals surface area contributed by atoms with Crippen molar-refractivity contribution in [1.29, 1.82) is 0 Å². The number of carbonyl (C=O) groups excluding carboxylic acids is 1. The van der Waals surface area contributed by atoms with E-state index in [0.29, 0.717) is 12.5 Å². The molecule has 0 amide bonds. The van der Waals surface area contributed by atoms with E-state index in [1.807, 2.05) is 6.92 Å². The van der Waals surface area contributed by atoms with Gasteiger partial charge in [0.05, 0.1) is 12.4 Å². The lowest BCUT2D eigenvalue weighted by atomic mass is 9.85. The topological polar surface area (TPSA) is 26.3 Å². The molecular formula is C12H20O2. The van der Waals surface area contributed by atoms with Crippen LogP contribution in [0.4, 0.5) is 0 Å². The minimum Gasteiger partial charge on any atom is -0.498 e. The van der Waals surface area contributed by atoms with Crippen molar-refractivity contribution >= 4 is 5.78 Å². The van der Waals surface area contributed by atoms with Crippen molar-refractivity contribution in [2.75, 3.05) is 6.61 Å². The second-order valence-electron chi connectivity index (χ2n) is 4.31. The van der Waals surface area contributed by atoms with E-state index in [1.165, 1.54) is 0 Å². The molecule has 1 unspecified atom stereocenters. The second kappa shape index (κ2) is 5.18. The van der Waals surface area contributed by atoms with Gasteiger partial charge in [-0.1, -0.05) is 13.8 Å². The lowest BCUT2D eigenvalue weighted by Gasteiger charge is -2.21. The summed E-state index contributed by atoms with van der Waals surface area (Å²) in [7, 11) is 0. The van der Waals surface area contributed by atoms with Gasteiger partial charge in [-0.05, 0) is 25.7 Å². The largest absolute Gasteiger partial charge is 0.498 e. The summed E-state index contributed by atoms with van der Waals surface area (Å²) in [4.78, 5) is 11.7. The summed E-state index contributed by atoms with van der Waals surface area (Å²) in [5, 5.41) is 0. The van der Waals surface area contributed by atoms with Crippen LogP contribution in [0.5, 0.6) is 0 Å². The molecule has 0 saturated carbocycles. The zero-order valence-corrected chi connectivity index (χ0v) is 9.38. The van der Waals surface area contributed by atoms with Crippen LogP contribution in [-0.2, 0) is 9.53 Å². The maximum Gasteiger partial charge on any atom is 0.162 e. The van der Waals surface area contributed by atoms with Gasteiger partial charge in [-0.15, -0.1) is 0 Å². The Morgan fingerprint density at radius 1 is 1.57 bits per heavy atom. The minimum atomic E-state index is 0.235. The Kier molecular flexibility index (Phi) is 4.18. The first kappa shape index (κ1) is 11.3. The summed E-state index contributed by atoms with van der Waals surface area (Å²) < 4.78 is 5.35. The van der Waals surface area contributed by atoms with Gasteiger partial charge < -0.3 is 4.74 Å². The average molecular weight is 196 g/mol.